The number of nitrogens with one attached hydrogen (secondary N) is 1. The van der Waals surface area contributed by atoms with Gasteiger partial charge in [0.25, 0.3) is 5.56 Å². The number of ketones is 1. The number of H-pyrrole nitrogens is 1. The molecule has 1 fully saturated rings. The van der Waals surface area contributed by atoms with Crippen molar-refractivity contribution in [1.82, 2.24) is 24.3 Å². The number of carbonyl (C=O) groups is 1. The number of para-hydroxylation sites is 2. The number of Topliss-reactive ketones (excluding diaryl/α,β-unsaturated/α-hetero) is 1. The van der Waals surface area contributed by atoms with E-state index in [1.807, 2.05) is 46.3 Å². The monoisotopic (exact) mass is 496 g/mol. The van der Waals surface area contributed by atoms with Crippen molar-refractivity contribution in [3.63, 3.8) is 0 Å². The molecule has 0 bridgehead atoms. The lowest BCUT2D eigenvalue weighted by Crippen LogP contribution is -2.36. The molecule has 3 aromatic heterocycles. The predicted octanol–water partition coefficient (Wildman–Crippen LogP) is 2.75. The van der Waals surface area contributed by atoms with E-state index in [1.54, 1.807) is 7.11 Å². The highest BCUT2D eigenvalue weighted by Crippen LogP contribution is 2.36. The number of ether oxygens (including phenoxy) is 1. The highest BCUT2D eigenvalue weighted by molar-refractivity contribution is 7.99. The number of thiophene rings is 1. The number of methoxy groups -OCH3 is 1. The van der Waals surface area contributed by atoms with Gasteiger partial charge in [0, 0.05) is 6.04 Å². The van der Waals surface area contributed by atoms with E-state index in [9.17, 15) is 14.4 Å². The summed E-state index contributed by atoms with van der Waals surface area (Å²) < 4.78 is 8.65. The van der Waals surface area contributed by atoms with Crippen molar-refractivity contribution in [2.75, 3.05) is 18.6 Å². The first kappa shape index (κ1) is 22.2. The Morgan fingerprint density at radius 2 is 2.03 bits per heavy atom. The van der Waals surface area contributed by atoms with Crippen LogP contribution in [0.2, 0.25) is 0 Å². The molecule has 0 spiro atoms. The summed E-state index contributed by atoms with van der Waals surface area (Å²) in [5.41, 5.74) is 5.22. The number of nitrogens with two attached hydrogens (primary N) is 1. The van der Waals surface area contributed by atoms with Gasteiger partial charge in [0.05, 0.1) is 23.4 Å². The fourth-order valence-electron chi connectivity index (χ4n) is 3.69. The van der Waals surface area contributed by atoms with Gasteiger partial charge in [-0.3, -0.25) is 23.7 Å². The maximum Gasteiger partial charge on any atom is 0.330 e. The molecule has 0 amide bonds. The molecule has 3 N–H and O–H groups in total. The van der Waals surface area contributed by atoms with Crippen molar-refractivity contribution in [3.05, 3.63) is 68.2 Å². The summed E-state index contributed by atoms with van der Waals surface area (Å²) >= 11 is 2.64. The highest BCUT2D eigenvalue weighted by Gasteiger charge is 2.30. The van der Waals surface area contributed by atoms with Crippen LogP contribution in [-0.2, 0) is 0 Å². The first-order chi connectivity index (χ1) is 16.5. The van der Waals surface area contributed by atoms with Crippen molar-refractivity contribution in [2.45, 2.75) is 24.0 Å². The zero-order chi connectivity index (χ0) is 23.8. The number of aromatic amines is 1. The first-order valence-corrected chi connectivity index (χ1v) is 12.3. The number of hydrogen-bond donors (Lipinski definition) is 2. The summed E-state index contributed by atoms with van der Waals surface area (Å²) in [4.78, 5) is 40.7. The van der Waals surface area contributed by atoms with Crippen molar-refractivity contribution >= 4 is 34.7 Å². The topological polar surface area (TPSA) is 138 Å². The van der Waals surface area contributed by atoms with Crippen LogP contribution in [0.3, 0.4) is 0 Å². The third-order valence-corrected chi connectivity index (χ3v) is 7.20. The lowest BCUT2D eigenvalue weighted by molar-refractivity contribution is 0.102. The summed E-state index contributed by atoms with van der Waals surface area (Å²) in [7, 11) is 1.58. The van der Waals surface area contributed by atoms with Crippen molar-refractivity contribution < 1.29 is 9.53 Å². The van der Waals surface area contributed by atoms with Gasteiger partial charge in [0.1, 0.15) is 17.1 Å². The lowest BCUT2D eigenvalue weighted by Gasteiger charge is -2.13. The smallest absolute Gasteiger partial charge is 0.330 e. The van der Waals surface area contributed by atoms with E-state index in [0.717, 1.165) is 29.5 Å². The summed E-state index contributed by atoms with van der Waals surface area (Å²) in [5.74, 6) is 0.519. The SMILES string of the molecule is COc1ccccc1-n1c(SCC(=O)c2c(N)n(C3CC3)c(=O)[nH]c2=O)nnc1-c1cccs1. The Labute approximate surface area is 201 Å². The number of thioether (sulfide) groups is 1. The molecule has 0 unspecified atom stereocenters. The van der Waals surface area contributed by atoms with Crippen LogP contribution in [0.5, 0.6) is 5.75 Å². The Morgan fingerprint density at radius 3 is 2.74 bits per heavy atom. The van der Waals surface area contributed by atoms with E-state index in [0.29, 0.717) is 22.4 Å². The lowest BCUT2D eigenvalue weighted by atomic mass is 10.2. The van der Waals surface area contributed by atoms with Crippen LogP contribution in [0.25, 0.3) is 16.4 Å². The molecule has 0 atom stereocenters. The molecule has 10 nitrogen and oxygen atoms in total. The molecule has 1 aliphatic carbocycles. The molecule has 1 aromatic carbocycles. The number of nitrogens with zero attached hydrogens (tertiary/aromatic N) is 4. The van der Waals surface area contributed by atoms with Crippen molar-refractivity contribution in [2.24, 2.45) is 0 Å². The summed E-state index contributed by atoms with van der Waals surface area (Å²) in [6.45, 7) is 0. The molecular weight excluding hydrogens is 476 g/mol. The standard InChI is InChI=1S/C22H20N6O4S2/c1-32-15-6-3-2-5-13(15)28-19(16-7-4-10-33-16)25-26-22(28)34-11-14(29)17-18(23)27(12-8-9-12)21(31)24-20(17)30/h2-7,10,12H,8-9,11,23H2,1H3,(H,24,30,31). The first-order valence-electron chi connectivity index (χ1n) is 10.4. The van der Waals surface area contributed by atoms with E-state index in [1.165, 1.54) is 15.9 Å². The Balaban J connectivity index is 1.51. The highest BCUT2D eigenvalue weighted by atomic mass is 32.2. The predicted molar refractivity (Wildman–Crippen MR) is 130 cm³/mol. The van der Waals surface area contributed by atoms with Gasteiger partial charge in [0.2, 0.25) is 0 Å². The molecule has 174 valence electrons. The average Bonchev–Trinajstić information content (AvgIpc) is 3.32. The Hall–Kier alpha value is -3.64. The maximum atomic E-state index is 13.1. The number of nitrogen functional groups attached to an aromatic ring is 1. The quantitative estimate of drug-likeness (QED) is 0.281. The van der Waals surface area contributed by atoms with Gasteiger partial charge >= 0.3 is 5.69 Å². The van der Waals surface area contributed by atoms with Crippen LogP contribution in [0.1, 0.15) is 29.2 Å². The van der Waals surface area contributed by atoms with Crippen molar-refractivity contribution in [1.29, 1.82) is 0 Å². The van der Waals surface area contributed by atoms with E-state index < -0.39 is 17.0 Å². The largest absolute Gasteiger partial charge is 0.495 e. The van der Waals surface area contributed by atoms with Gasteiger partial charge in [-0.15, -0.1) is 21.5 Å². The number of anilines is 1. The molecule has 0 radical (unpaired) electrons. The summed E-state index contributed by atoms with van der Waals surface area (Å²) in [6, 6.07) is 11.2. The molecule has 3 heterocycles. The summed E-state index contributed by atoms with van der Waals surface area (Å²) in [5, 5.41) is 11.0. The third kappa shape index (κ3) is 3.94. The molecule has 34 heavy (non-hydrogen) atoms. The second kappa shape index (κ2) is 8.95. The zero-order valence-corrected chi connectivity index (χ0v) is 19.7. The van der Waals surface area contributed by atoms with Crippen LogP contribution >= 0.6 is 23.1 Å². The maximum absolute atomic E-state index is 13.1. The van der Waals surface area contributed by atoms with E-state index in [4.69, 9.17) is 10.5 Å². The van der Waals surface area contributed by atoms with Gasteiger partial charge in [-0.1, -0.05) is 30.0 Å². The Kier molecular flexibility index (Phi) is 5.84. The van der Waals surface area contributed by atoms with Gasteiger partial charge < -0.3 is 10.5 Å². The minimum absolute atomic E-state index is 0.0782. The number of aromatic nitrogens is 5. The molecule has 5 rings (SSSR count). The van der Waals surface area contributed by atoms with Gasteiger partial charge in [-0.25, -0.2) is 4.79 Å². The van der Waals surface area contributed by atoms with Crippen LogP contribution in [-0.4, -0.2) is 43.0 Å². The Morgan fingerprint density at radius 1 is 1.24 bits per heavy atom. The molecular formula is C22H20N6O4S2. The molecule has 0 saturated heterocycles. The molecule has 4 aromatic rings. The van der Waals surface area contributed by atoms with E-state index in [2.05, 4.69) is 15.2 Å². The molecule has 1 saturated carbocycles. The Bertz CT molecular complexity index is 1480. The molecule has 1 aliphatic rings. The van der Waals surface area contributed by atoms with Crippen molar-refractivity contribution in [3.8, 4) is 22.1 Å². The fraction of sp³-hybridized carbons (Fsp3) is 0.227. The van der Waals surface area contributed by atoms with E-state index in [-0.39, 0.29) is 23.2 Å². The summed E-state index contributed by atoms with van der Waals surface area (Å²) in [6.07, 6.45) is 1.57. The van der Waals surface area contributed by atoms with E-state index >= 15 is 0 Å². The van der Waals surface area contributed by atoms with Crippen LogP contribution in [0.4, 0.5) is 5.82 Å². The number of rotatable bonds is 8. The number of benzene rings is 1. The van der Waals surface area contributed by atoms with Gasteiger partial charge in [-0.05, 0) is 36.4 Å². The second-order valence-corrected chi connectivity index (χ2v) is 9.51. The number of hydrogen-bond acceptors (Lipinski definition) is 9. The zero-order valence-electron chi connectivity index (χ0n) is 18.1. The number of carbonyl (C=O) groups excluding carboxylic acids is 1. The normalized spacial score (nSPS) is 13.2. The third-order valence-electron chi connectivity index (χ3n) is 5.41. The minimum atomic E-state index is -0.782. The second-order valence-electron chi connectivity index (χ2n) is 7.62. The van der Waals surface area contributed by atoms with Gasteiger partial charge in [-0.2, -0.15) is 0 Å². The molecule has 12 heteroatoms. The van der Waals surface area contributed by atoms with Crippen LogP contribution in [0.15, 0.2) is 56.5 Å². The minimum Gasteiger partial charge on any atom is -0.495 e. The van der Waals surface area contributed by atoms with Gasteiger partial charge in [0.15, 0.2) is 16.8 Å². The fourth-order valence-corrected chi connectivity index (χ4v) is 5.21. The van der Waals surface area contributed by atoms with Crippen LogP contribution < -0.4 is 21.7 Å². The molecule has 0 aliphatic heterocycles. The average molecular weight is 497 g/mol. The van der Waals surface area contributed by atoms with Crippen LogP contribution in [0, 0.1) is 0 Å².